The minimum absolute atomic E-state index is 0.0343. The molecule has 0 N–H and O–H groups in total. The molecule has 2 rings (SSSR count). The lowest BCUT2D eigenvalue weighted by atomic mass is 10.1. The maximum absolute atomic E-state index is 12.6. The fraction of sp³-hybridized carbons (Fsp3) is 0.500. The van der Waals surface area contributed by atoms with Gasteiger partial charge < -0.3 is 4.90 Å². The van der Waals surface area contributed by atoms with Gasteiger partial charge in [0.25, 0.3) is 5.91 Å². The van der Waals surface area contributed by atoms with Crippen molar-refractivity contribution < 1.29 is 4.79 Å². The quantitative estimate of drug-likeness (QED) is 0.842. The molecule has 1 aromatic carbocycles. The summed E-state index contributed by atoms with van der Waals surface area (Å²) in [6.45, 7) is 6.89. The summed E-state index contributed by atoms with van der Waals surface area (Å²) in [6, 6.07) is 8.04. The summed E-state index contributed by atoms with van der Waals surface area (Å²) < 4.78 is 0.876. The van der Waals surface area contributed by atoms with Gasteiger partial charge in [0.15, 0.2) is 0 Å². The van der Waals surface area contributed by atoms with Gasteiger partial charge in [-0.05, 0) is 40.9 Å². The van der Waals surface area contributed by atoms with Gasteiger partial charge in [-0.1, -0.05) is 19.1 Å². The zero-order valence-electron chi connectivity index (χ0n) is 12.5. The normalized spacial score (nSPS) is 17.3. The van der Waals surface area contributed by atoms with Crippen LogP contribution >= 0.6 is 15.9 Å². The molecule has 1 aliphatic rings. The molecule has 0 aliphatic carbocycles. The van der Waals surface area contributed by atoms with Crippen molar-refractivity contribution in [3.8, 4) is 6.07 Å². The summed E-state index contributed by atoms with van der Waals surface area (Å²) in [5, 5.41) is 9.12. The van der Waals surface area contributed by atoms with Crippen molar-refractivity contribution in [2.45, 2.75) is 26.3 Å². The number of hydrogen-bond donors (Lipinski definition) is 0. The first-order chi connectivity index (χ1) is 10.1. The number of carbonyl (C=O) groups is 1. The molecular formula is C16H20BrN3O. The molecule has 1 unspecified atom stereocenters. The Morgan fingerprint density at radius 3 is 2.62 bits per heavy atom. The third kappa shape index (κ3) is 3.45. The molecule has 1 fully saturated rings. The number of nitriles is 1. The van der Waals surface area contributed by atoms with E-state index in [2.05, 4.69) is 26.9 Å². The van der Waals surface area contributed by atoms with E-state index in [0.717, 1.165) is 35.1 Å². The lowest BCUT2D eigenvalue weighted by Crippen LogP contribution is -2.51. The van der Waals surface area contributed by atoms with Crippen LogP contribution in [0, 0.1) is 18.3 Å². The van der Waals surface area contributed by atoms with Crippen LogP contribution in [0.25, 0.3) is 0 Å². The molecule has 1 aromatic rings. The Bertz CT molecular complexity index is 559. The molecule has 4 nitrogen and oxygen atoms in total. The molecule has 1 heterocycles. The third-order valence-corrected chi connectivity index (χ3v) is 5.05. The predicted molar refractivity (Wildman–Crippen MR) is 86.0 cm³/mol. The van der Waals surface area contributed by atoms with Gasteiger partial charge in [-0.25, -0.2) is 0 Å². The molecule has 0 bridgehead atoms. The van der Waals surface area contributed by atoms with Gasteiger partial charge in [0.2, 0.25) is 0 Å². The topological polar surface area (TPSA) is 47.3 Å². The number of piperazine rings is 1. The Balaban J connectivity index is 2.04. The van der Waals surface area contributed by atoms with Crippen LogP contribution in [0.4, 0.5) is 0 Å². The van der Waals surface area contributed by atoms with Crippen LogP contribution in [0.3, 0.4) is 0 Å². The molecule has 21 heavy (non-hydrogen) atoms. The number of rotatable bonds is 3. The monoisotopic (exact) mass is 349 g/mol. The molecule has 0 radical (unpaired) electrons. The van der Waals surface area contributed by atoms with Crippen molar-refractivity contribution in [1.29, 1.82) is 5.26 Å². The van der Waals surface area contributed by atoms with Gasteiger partial charge in [-0.2, -0.15) is 5.26 Å². The minimum atomic E-state index is -0.0343. The van der Waals surface area contributed by atoms with Crippen molar-refractivity contribution in [2.24, 2.45) is 0 Å². The summed E-state index contributed by atoms with van der Waals surface area (Å²) >= 11 is 3.50. The molecule has 0 aromatic heterocycles. The second-order valence-corrected chi connectivity index (χ2v) is 6.11. The van der Waals surface area contributed by atoms with E-state index >= 15 is 0 Å². The Kier molecular flexibility index (Phi) is 5.38. The Morgan fingerprint density at radius 2 is 2.05 bits per heavy atom. The highest BCUT2D eigenvalue weighted by Gasteiger charge is 2.26. The van der Waals surface area contributed by atoms with Crippen LogP contribution in [0.2, 0.25) is 0 Å². The van der Waals surface area contributed by atoms with Crippen LogP contribution in [-0.4, -0.2) is 47.9 Å². The Labute approximate surface area is 134 Å². The van der Waals surface area contributed by atoms with Gasteiger partial charge in [0, 0.05) is 30.7 Å². The van der Waals surface area contributed by atoms with Gasteiger partial charge >= 0.3 is 0 Å². The molecule has 112 valence electrons. The van der Waals surface area contributed by atoms with E-state index in [1.165, 1.54) is 0 Å². The van der Waals surface area contributed by atoms with Crippen molar-refractivity contribution in [1.82, 2.24) is 9.80 Å². The van der Waals surface area contributed by atoms with Crippen LogP contribution in [-0.2, 0) is 0 Å². The fourth-order valence-electron chi connectivity index (χ4n) is 2.65. The summed E-state index contributed by atoms with van der Waals surface area (Å²) in [5.41, 5.74) is 1.78. The van der Waals surface area contributed by atoms with Gasteiger partial charge in [-0.15, -0.1) is 0 Å². The number of aryl methyl sites for hydroxylation is 1. The molecule has 1 amide bonds. The van der Waals surface area contributed by atoms with Crippen LogP contribution in [0.15, 0.2) is 22.7 Å². The summed E-state index contributed by atoms with van der Waals surface area (Å²) in [6.07, 6.45) is 0.827. The first kappa shape index (κ1) is 16.0. The van der Waals surface area contributed by atoms with Gasteiger partial charge in [0.05, 0.1) is 17.7 Å². The minimum Gasteiger partial charge on any atom is -0.336 e. The van der Waals surface area contributed by atoms with E-state index in [9.17, 15) is 4.79 Å². The molecule has 1 aliphatic heterocycles. The van der Waals surface area contributed by atoms with Gasteiger partial charge in [0.1, 0.15) is 0 Å². The standard InChI is InChI=1S/C16H20BrN3O/c1-3-13(11-18)19-7-9-20(10-8-19)16(21)14-6-4-5-12(2)15(14)17/h4-6,13H,3,7-10H2,1-2H3. The fourth-order valence-corrected chi connectivity index (χ4v) is 3.08. The second kappa shape index (κ2) is 7.06. The summed E-state index contributed by atoms with van der Waals surface area (Å²) in [5.74, 6) is 0.0650. The maximum atomic E-state index is 12.6. The number of nitrogens with zero attached hydrogens (tertiary/aromatic N) is 3. The zero-order chi connectivity index (χ0) is 15.4. The molecule has 0 spiro atoms. The van der Waals surface area contributed by atoms with E-state index < -0.39 is 0 Å². The number of amides is 1. The van der Waals surface area contributed by atoms with E-state index in [0.29, 0.717) is 13.1 Å². The van der Waals surface area contributed by atoms with E-state index in [4.69, 9.17) is 5.26 Å². The average Bonchev–Trinajstić information content (AvgIpc) is 2.51. The summed E-state index contributed by atoms with van der Waals surface area (Å²) in [4.78, 5) is 16.6. The highest BCUT2D eigenvalue weighted by Crippen LogP contribution is 2.23. The molecule has 1 saturated heterocycles. The zero-order valence-corrected chi connectivity index (χ0v) is 14.1. The van der Waals surface area contributed by atoms with E-state index in [1.807, 2.05) is 36.9 Å². The van der Waals surface area contributed by atoms with E-state index in [-0.39, 0.29) is 11.9 Å². The SMILES string of the molecule is CCC(C#N)N1CCN(C(=O)c2cccc(C)c2Br)CC1. The molecular weight excluding hydrogens is 330 g/mol. The Hall–Kier alpha value is -1.38. The first-order valence-corrected chi connectivity index (χ1v) is 8.05. The van der Waals surface area contributed by atoms with Crippen molar-refractivity contribution >= 4 is 21.8 Å². The highest BCUT2D eigenvalue weighted by molar-refractivity contribution is 9.10. The third-order valence-electron chi connectivity index (χ3n) is 4.00. The largest absolute Gasteiger partial charge is 0.336 e. The van der Waals surface area contributed by atoms with Crippen molar-refractivity contribution in [3.05, 3.63) is 33.8 Å². The first-order valence-electron chi connectivity index (χ1n) is 7.26. The van der Waals surface area contributed by atoms with Crippen LogP contribution < -0.4 is 0 Å². The molecule has 0 saturated carbocycles. The van der Waals surface area contributed by atoms with Crippen LogP contribution in [0.1, 0.15) is 29.3 Å². The van der Waals surface area contributed by atoms with Crippen molar-refractivity contribution in [3.63, 3.8) is 0 Å². The number of carbonyl (C=O) groups excluding carboxylic acids is 1. The smallest absolute Gasteiger partial charge is 0.255 e. The molecule has 1 atom stereocenters. The number of hydrogen-bond acceptors (Lipinski definition) is 3. The van der Waals surface area contributed by atoms with E-state index in [1.54, 1.807) is 0 Å². The van der Waals surface area contributed by atoms with Crippen LogP contribution in [0.5, 0.6) is 0 Å². The highest BCUT2D eigenvalue weighted by atomic mass is 79.9. The summed E-state index contributed by atoms with van der Waals surface area (Å²) in [7, 11) is 0. The van der Waals surface area contributed by atoms with Gasteiger partial charge in [-0.3, -0.25) is 9.69 Å². The Morgan fingerprint density at radius 1 is 1.38 bits per heavy atom. The maximum Gasteiger partial charge on any atom is 0.255 e. The van der Waals surface area contributed by atoms with Crippen molar-refractivity contribution in [2.75, 3.05) is 26.2 Å². The average molecular weight is 350 g/mol. The lowest BCUT2D eigenvalue weighted by Gasteiger charge is -2.36. The number of benzene rings is 1. The molecule has 5 heteroatoms. The second-order valence-electron chi connectivity index (χ2n) is 5.32. The lowest BCUT2D eigenvalue weighted by molar-refractivity contribution is 0.0603. The predicted octanol–water partition coefficient (Wildman–Crippen LogP) is 2.82. The number of halogens is 1.